The van der Waals surface area contributed by atoms with Gasteiger partial charge in [-0.05, 0) is 48.6 Å². The van der Waals surface area contributed by atoms with E-state index in [9.17, 15) is 4.79 Å². The number of fused-ring (bicyclic) bond motifs is 1. The van der Waals surface area contributed by atoms with Crippen molar-refractivity contribution in [3.63, 3.8) is 0 Å². The van der Waals surface area contributed by atoms with Gasteiger partial charge < -0.3 is 5.11 Å². The van der Waals surface area contributed by atoms with Gasteiger partial charge in [-0.2, -0.15) is 0 Å². The Morgan fingerprint density at radius 2 is 2.25 bits per heavy atom. The molecule has 0 radical (unpaired) electrons. The number of carbonyl (C=O) groups is 1. The monoisotopic (exact) mass is 236 g/mol. The van der Waals surface area contributed by atoms with Crippen LogP contribution in [0.15, 0.2) is 24.3 Å². The van der Waals surface area contributed by atoms with Crippen molar-refractivity contribution in [2.45, 2.75) is 19.8 Å². The minimum Gasteiger partial charge on any atom is -0.481 e. The molecule has 0 aliphatic heterocycles. The molecular weight excluding hydrogens is 224 g/mol. The van der Waals surface area contributed by atoms with Crippen LogP contribution in [0.4, 0.5) is 0 Å². The Kier molecular flexibility index (Phi) is 3.01. The third kappa shape index (κ3) is 1.98. The van der Waals surface area contributed by atoms with Gasteiger partial charge in [-0.3, -0.25) is 4.79 Å². The molecule has 16 heavy (non-hydrogen) atoms. The van der Waals surface area contributed by atoms with Crippen molar-refractivity contribution in [3.05, 3.63) is 40.4 Å². The van der Waals surface area contributed by atoms with Crippen molar-refractivity contribution >= 4 is 23.1 Å². The average Bonchev–Trinajstić information content (AvgIpc) is 2.27. The van der Waals surface area contributed by atoms with Crippen molar-refractivity contribution in [1.82, 2.24) is 0 Å². The molecule has 1 aliphatic rings. The summed E-state index contributed by atoms with van der Waals surface area (Å²) in [5.74, 6) is -1.27. The smallest absolute Gasteiger partial charge is 0.310 e. The van der Waals surface area contributed by atoms with Gasteiger partial charge in [-0.1, -0.05) is 23.7 Å². The standard InChI is InChI=1S/C13H13ClO2/c1-8(13(15)16)11-4-2-3-9-5-6-10(14)7-12(9)11/h4-8H,2-3H2,1H3,(H,15,16). The topological polar surface area (TPSA) is 37.3 Å². The molecule has 1 aromatic rings. The highest BCUT2D eigenvalue weighted by molar-refractivity contribution is 6.30. The van der Waals surface area contributed by atoms with Crippen LogP contribution in [0, 0.1) is 5.92 Å². The molecule has 0 amide bonds. The average molecular weight is 237 g/mol. The number of carboxylic acid groups (broad SMARTS) is 1. The van der Waals surface area contributed by atoms with E-state index in [4.69, 9.17) is 16.7 Å². The number of aryl methyl sites for hydroxylation is 1. The van der Waals surface area contributed by atoms with Crippen molar-refractivity contribution in [3.8, 4) is 0 Å². The molecule has 84 valence electrons. The van der Waals surface area contributed by atoms with E-state index in [1.807, 2.05) is 24.3 Å². The number of rotatable bonds is 2. The predicted molar refractivity (Wildman–Crippen MR) is 64.5 cm³/mol. The third-order valence-corrected chi connectivity index (χ3v) is 3.23. The first-order chi connectivity index (χ1) is 7.59. The highest BCUT2D eigenvalue weighted by Gasteiger charge is 2.22. The van der Waals surface area contributed by atoms with Gasteiger partial charge in [0.05, 0.1) is 5.92 Å². The van der Waals surface area contributed by atoms with Gasteiger partial charge >= 0.3 is 5.97 Å². The zero-order valence-electron chi connectivity index (χ0n) is 9.03. The first-order valence-corrected chi connectivity index (χ1v) is 5.69. The quantitative estimate of drug-likeness (QED) is 0.855. The molecule has 0 heterocycles. The summed E-state index contributed by atoms with van der Waals surface area (Å²) < 4.78 is 0. The van der Waals surface area contributed by atoms with Crippen molar-refractivity contribution < 1.29 is 9.90 Å². The van der Waals surface area contributed by atoms with Crippen LogP contribution in [0.2, 0.25) is 5.02 Å². The minimum absolute atomic E-state index is 0.475. The number of aliphatic carboxylic acids is 1. The fourth-order valence-corrected chi connectivity index (χ4v) is 2.24. The number of halogens is 1. The van der Waals surface area contributed by atoms with E-state index in [-0.39, 0.29) is 0 Å². The van der Waals surface area contributed by atoms with E-state index in [2.05, 4.69) is 0 Å². The van der Waals surface area contributed by atoms with Gasteiger partial charge in [0, 0.05) is 5.02 Å². The van der Waals surface area contributed by atoms with Crippen LogP contribution in [0.1, 0.15) is 24.5 Å². The van der Waals surface area contributed by atoms with Gasteiger partial charge in [0.2, 0.25) is 0 Å². The molecule has 1 N–H and O–H groups in total. The second kappa shape index (κ2) is 4.30. The van der Waals surface area contributed by atoms with E-state index in [0.717, 1.165) is 24.0 Å². The van der Waals surface area contributed by atoms with Crippen molar-refractivity contribution in [2.24, 2.45) is 5.92 Å². The lowest BCUT2D eigenvalue weighted by atomic mass is 9.84. The Morgan fingerprint density at radius 3 is 2.94 bits per heavy atom. The van der Waals surface area contributed by atoms with Crippen LogP contribution in [-0.4, -0.2) is 11.1 Å². The van der Waals surface area contributed by atoms with Crippen LogP contribution in [0.3, 0.4) is 0 Å². The molecular formula is C13H13ClO2. The Bertz CT molecular complexity index is 463. The third-order valence-electron chi connectivity index (χ3n) is 3.00. The van der Waals surface area contributed by atoms with Gasteiger partial charge in [0.1, 0.15) is 0 Å². The van der Waals surface area contributed by atoms with E-state index >= 15 is 0 Å². The second-order valence-electron chi connectivity index (χ2n) is 4.06. The number of allylic oxidation sites excluding steroid dienone is 1. The summed E-state index contributed by atoms with van der Waals surface area (Å²) in [6.45, 7) is 1.71. The van der Waals surface area contributed by atoms with E-state index in [0.29, 0.717) is 5.02 Å². The Balaban J connectivity index is 2.47. The predicted octanol–water partition coefficient (Wildman–Crippen LogP) is 3.39. The first-order valence-electron chi connectivity index (χ1n) is 5.31. The first kappa shape index (κ1) is 11.2. The van der Waals surface area contributed by atoms with Gasteiger partial charge in [0.15, 0.2) is 0 Å². The highest BCUT2D eigenvalue weighted by Crippen LogP contribution is 2.33. The molecule has 1 aromatic carbocycles. The SMILES string of the molecule is CC(C(=O)O)C1=CCCc2ccc(Cl)cc21. The van der Waals surface area contributed by atoms with Crippen molar-refractivity contribution in [2.75, 3.05) is 0 Å². The summed E-state index contributed by atoms with van der Waals surface area (Å²) in [6.07, 6.45) is 3.88. The summed E-state index contributed by atoms with van der Waals surface area (Å²) in [7, 11) is 0. The minimum atomic E-state index is -0.793. The maximum absolute atomic E-state index is 11.0. The number of carboxylic acids is 1. The van der Waals surface area contributed by atoms with Crippen molar-refractivity contribution in [1.29, 1.82) is 0 Å². The summed E-state index contributed by atoms with van der Waals surface area (Å²) in [5.41, 5.74) is 3.07. The molecule has 0 saturated heterocycles. The molecule has 2 rings (SSSR count). The molecule has 0 aromatic heterocycles. The fraction of sp³-hybridized carbons (Fsp3) is 0.308. The summed E-state index contributed by atoms with van der Waals surface area (Å²) in [5, 5.41) is 9.71. The van der Waals surface area contributed by atoms with Gasteiger partial charge in [0.25, 0.3) is 0 Å². The molecule has 0 fully saturated rings. The van der Waals surface area contributed by atoms with Gasteiger partial charge in [-0.15, -0.1) is 0 Å². The number of hydrogen-bond donors (Lipinski definition) is 1. The van der Waals surface area contributed by atoms with Crippen LogP contribution < -0.4 is 0 Å². The fourth-order valence-electron chi connectivity index (χ4n) is 2.07. The molecule has 2 nitrogen and oxygen atoms in total. The largest absolute Gasteiger partial charge is 0.481 e. The lowest BCUT2D eigenvalue weighted by Gasteiger charge is -2.20. The summed E-state index contributed by atoms with van der Waals surface area (Å²) >= 11 is 5.95. The molecule has 1 atom stereocenters. The number of hydrogen-bond acceptors (Lipinski definition) is 1. The highest BCUT2D eigenvalue weighted by atomic mass is 35.5. The zero-order valence-corrected chi connectivity index (χ0v) is 9.79. The lowest BCUT2D eigenvalue weighted by Crippen LogP contribution is -2.14. The van der Waals surface area contributed by atoms with Gasteiger partial charge in [-0.25, -0.2) is 0 Å². The number of benzene rings is 1. The molecule has 3 heteroatoms. The summed E-state index contributed by atoms with van der Waals surface area (Å²) in [4.78, 5) is 11.0. The van der Waals surface area contributed by atoms with E-state index in [1.54, 1.807) is 6.92 Å². The molecule has 0 saturated carbocycles. The molecule has 1 aliphatic carbocycles. The Morgan fingerprint density at radius 1 is 1.50 bits per heavy atom. The van der Waals surface area contributed by atoms with E-state index < -0.39 is 11.9 Å². The molecule has 1 unspecified atom stereocenters. The molecule has 0 bridgehead atoms. The van der Waals surface area contributed by atoms with E-state index in [1.165, 1.54) is 5.56 Å². The van der Waals surface area contributed by atoms with Crippen LogP contribution in [0.25, 0.3) is 5.57 Å². The van der Waals surface area contributed by atoms with Crippen LogP contribution >= 0.6 is 11.6 Å². The van der Waals surface area contributed by atoms with Crippen LogP contribution in [-0.2, 0) is 11.2 Å². The molecule has 0 spiro atoms. The maximum atomic E-state index is 11.0. The van der Waals surface area contributed by atoms with Crippen LogP contribution in [0.5, 0.6) is 0 Å². The Hall–Kier alpha value is -1.28. The normalized spacial score (nSPS) is 16.2. The Labute approximate surface area is 99.5 Å². The zero-order chi connectivity index (χ0) is 11.7. The lowest BCUT2D eigenvalue weighted by molar-refractivity contribution is -0.139. The maximum Gasteiger partial charge on any atom is 0.310 e. The second-order valence-corrected chi connectivity index (χ2v) is 4.50. The summed E-state index contributed by atoms with van der Waals surface area (Å²) in [6, 6.07) is 5.70.